The fourth-order valence-corrected chi connectivity index (χ4v) is 1.42. The summed E-state index contributed by atoms with van der Waals surface area (Å²) in [6.45, 7) is 6.97. The van der Waals surface area contributed by atoms with Crippen LogP contribution < -0.4 is 0 Å². The van der Waals surface area contributed by atoms with E-state index < -0.39 is 0 Å². The van der Waals surface area contributed by atoms with E-state index in [-0.39, 0.29) is 32.7 Å². The summed E-state index contributed by atoms with van der Waals surface area (Å²) in [7, 11) is 0. The Kier molecular flexibility index (Phi) is 4.58. The van der Waals surface area contributed by atoms with Crippen molar-refractivity contribution in [2.75, 3.05) is 0 Å². The Balaban J connectivity index is 0.000000640. The van der Waals surface area contributed by atoms with E-state index in [0.29, 0.717) is 0 Å². The van der Waals surface area contributed by atoms with Gasteiger partial charge >= 0.3 is 0 Å². The molecule has 0 heterocycles. The van der Waals surface area contributed by atoms with Gasteiger partial charge in [-0.3, -0.25) is 0 Å². The van der Waals surface area contributed by atoms with Crippen molar-refractivity contribution < 1.29 is 32.7 Å². The van der Waals surface area contributed by atoms with E-state index in [4.69, 9.17) is 0 Å². The molecule has 0 saturated heterocycles. The van der Waals surface area contributed by atoms with Gasteiger partial charge in [0.2, 0.25) is 0 Å². The van der Waals surface area contributed by atoms with E-state index in [2.05, 4.69) is 20.8 Å². The van der Waals surface area contributed by atoms with Crippen molar-refractivity contribution in [3.05, 3.63) is 5.92 Å². The zero-order valence-electron chi connectivity index (χ0n) is 6.65. The van der Waals surface area contributed by atoms with Crippen LogP contribution in [0.2, 0.25) is 0 Å². The molecular weight excluding hydrogens is 185 g/mol. The van der Waals surface area contributed by atoms with Crippen molar-refractivity contribution in [1.82, 2.24) is 0 Å². The second-order valence-corrected chi connectivity index (χ2v) is 3.15. The molecule has 1 rings (SSSR count). The van der Waals surface area contributed by atoms with E-state index in [9.17, 15) is 0 Å². The molecule has 0 nitrogen and oxygen atoms in total. The van der Waals surface area contributed by atoms with Crippen LogP contribution in [0.5, 0.6) is 0 Å². The first-order valence-electron chi connectivity index (χ1n) is 3.54. The van der Waals surface area contributed by atoms with Gasteiger partial charge in [0.15, 0.2) is 0 Å². The van der Waals surface area contributed by atoms with Crippen molar-refractivity contribution in [2.45, 2.75) is 33.6 Å². The Bertz CT molecular complexity index is 70.6. The molecule has 0 amide bonds. The first-order chi connectivity index (χ1) is 3.72. The largest absolute Gasteiger partial charge is 0.314 e. The summed E-state index contributed by atoms with van der Waals surface area (Å²) in [6.07, 6.45) is 2.80. The van der Waals surface area contributed by atoms with Crippen molar-refractivity contribution in [3.8, 4) is 0 Å². The maximum absolute atomic E-state index is 2.35. The summed E-state index contributed by atoms with van der Waals surface area (Å²) in [4.78, 5) is 0. The summed E-state index contributed by atoms with van der Waals surface area (Å²) < 4.78 is 0. The molecule has 1 fully saturated rings. The molecule has 51 valence electrons. The first kappa shape index (κ1) is 10.1. The van der Waals surface area contributed by atoms with Gasteiger partial charge in [-0.2, -0.15) is 19.3 Å². The SMILES string of the molecule is C[C-]1CCC(C)C1C.[Y]. The van der Waals surface area contributed by atoms with Crippen molar-refractivity contribution in [3.63, 3.8) is 0 Å². The minimum atomic E-state index is 0. The first-order valence-corrected chi connectivity index (χ1v) is 3.54. The fraction of sp³-hybridized carbons (Fsp3) is 0.875. The Morgan fingerprint density at radius 2 is 1.89 bits per heavy atom. The van der Waals surface area contributed by atoms with Gasteiger partial charge < -0.3 is 5.92 Å². The van der Waals surface area contributed by atoms with Crippen molar-refractivity contribution in [1.29, 1.82) is 0 Å². The average molecular weight is 200 g/mol. The van der Waals surface area contributed by atoms with Crippen LogP contribution in [0, 0.1) is 17.8 Å². The molecule has 1 radical (unpaired) electrons. The van der Waals surface area contributed by atoms with Crippen LogP contribution >= 0.6 is 0 Å². The van der Waals surface area contributed by atoms with Crippen LogP contribution in [0.25, 0.3) is 0 Å². The average Bonchev–Trinajstić information content (AvgIpc) is 1.98. The van der Waals surface area contributed by atoms with Crippen LogP contribution in [-0.4, -0.2) is 0 Å². The quantitative estimate of drug-likeness (QED) is 0.527. The molecule has 0 aromatic rings. The molecule has 1 aliphatic carbocycles. The van der Waals surface area contributed by atoms with Gasteiger partial charge in [0.05, 0.1) is 0 Å². The molecule has 1 aliphatic rings. The second-order valence-electron chi connectivity index (χ2n) is 3.15. The molecule has 2 unspecified atom stereocenters. The molecule has 9 heavy (non-hydrogen) atoms. The maximum Gasteiger partial charge on any atom is 0 e. The zero-order valence-corrected chi connectivity index (χ0v) is 9.48. The van der Waals surface area contributed by atoms with Gasteiger partial charge in [0.1, 0.15) is 0 Å². The fourth-order valence-electron chi connectivity index (χ4n) is 1.42. The molecule has 0 N–H and O–H groups in total. The molecular formula is C8H15Y-. The maximum atomic E-state index is 2.35. The summed E-state index contributed by atoms with van der Waals surface area (Å²) in [5.41, 5.74) is 0. The van der Waals surface area contributed by atoms with E-state index in [0.717, 1.165) is 11.8 Å². The van der Waals surface area contributed by atoms with Crippen molar-refractivity contribution in [2.24, 2.45) is 11.8 Å². The topological polar surface area (TPSA) is 0 Å². The predicted molar refractivity (Wildman–Crippen MR) is 36.5 cm³/mol. The van der Waals surface area contributed by atoms with Gasteiger partial charge in [0.25, 0.3) is 0 Å². The zero-order chi connectivity index (χ0) is 6.15. The molecule has 0 aliphatic heterocycles. The summed E-state index contributed by atoms with van der Waals surface area (Å²) in [6, 6.07) is 0. The summed E-state index contributed by atoms with van der Waals surface area (Å²) >= 11 is 0. The van der Waals surface area contributed by atoms with Crippen LogP contribution in [0.4, 0.5) is 0 Å². The molecule has 1 saturated carbocycles. The summed E-state index contributed by atoms with van der Waals surface area (Å²) in [5, 5.41) is 0. The van der Waals surface area contributed by atoms with Gasteiger partial charge in [-0.25, -0.2) is 0 Å². The van der Waals surface area contributed by atoms with E-state index >= 15 is 0 Å². The number of rotatable bonds is 0. The van der Waals surface area contributed by atoms with Crippen LogP contribution in [0.15, 0.2) is 0 Å². The van der Waals surface area contributed by atoms with Crippen LogP contribution in [-0.2, 0) is 32.7 Å². The predicted octanol–water partition coefficient (Wildman–Crippen LogP) is 2.64. The molecule has 2 atom stereocenters. The third-order valence-electron chi connectivity index (χ3n) is 2.62. The molecule has 0 bridgehead atoms. The van der Waals surface area contributed by atoms with E-state index in [1.54, 1.807) is 5.92 Å². The van der Waals surface area contributed by atoms with Gasteiger partial charge in [-0.05, 0) is 0 Å². The number of hydrogen-bond acceptors (Lipinski definition) is 0. The van der Waals surface area contributed by atoms with Gasteiger partial charge in [0, 0.05) is 32.7 Å². The van der Waals surface area contributed by atoms with Crippen LogP contribution in [0.1, 0.15) is 33.6 Å². The third kappa shape index (κ3) is 2.31. The van der Waals surface area contributed by atoms with Crippen molar-refractivity contribution >= 4 is 0 Å². The Morgan fingerprint density at radius 3 is 2.00 bits per heavy atom. The van der Waals surface area contributed by atoms with E-state index in [1.807, 2.05) is 0 Å². The molecule has 1 heteroatoms. The standard InChI is InChI=1S/C8H15.Y/c1-6-4-5-7(2)8(6)3;/h6,8H,4-5H2,1-3H3;/q-1;. The Hall–Kier alpha value is 1.10. The monoisotopic (exact) mass is 200 g/mol. The minimum Gasteiger partial charge on any atom is -0.314 e. The normalized spacial score (nSPS) is 36.3. The van der Waals surface area contributed by atoms with Gasteiger partial charge in [-0.15, -0.1) is 0 Å². The molecule has 0 aromatic carbocycles. The van der Waals surface area contributed by atoms with E-state index in [1.165, 1.54) is 12.8 Å². The molecule has 0 aromatic heterocycles. The third-order valence-corrected chi connectivity index (χ3v) is 2.62. The number of hydrogen-bond donors (Lipinski definition) is 0. The smallest absolute Gasteiger partial charge is 0 e. The molecule has 0 spiro atoms. The summed E-state index contributed by atoms with van der Waals surface area (Å²) in [5.74, 6) is 3.56. The second kappa shape index (κ2) is 4.08. The Morgan fingerprint density at radius 1 is 1.33 bits per heavy atom. The van der Waals surface area contributed by atoms with Gasteiger partial charge in [-0.1, -0.05) is 26.2 Å². The Labute approximate surface area is 83.7 Å². The van der Waals surface area contributed by atoms with Crippen LogP contribution in [0.3, 0.4) is 0 Å². The minimum absolute atomic E-state index is 0.